The van der Waals surface area contributed by atoms with Crippen molar-refractivity contribution in [2.45, 2.75) is 20.8 Å². The van der Waals surface area contributed by atoms with Crippen LogP contribution >= 0.6 is 0 Å². The number of rotatable bonds is 2. The van der Waals surface area contributed by atoms with Crippen molar-refractivity contribution in [1.29, 1.82) is 0 Å². The van der Waals surface area contributed by atoms with Crippen LogP contribution in [-0.2, 0) is 4.79 Å². The minimum Gasteiger partial charge on any atom is -0.505 e. The highest BCUT2D eigenvalue weighted by Gasteiger charge is 2.29. The van der Waals surface area contributed by atoms with Gasteiger partial charge in [-0.2, -0.15) is 0 Å². The normalized spacial score (nSPS) is 23.1. The lowest BCUT2D eigenvalue weighted by Gasteiger charge is -2.16. The van der Waals surface area contributed by atoms with Crippen molar-refractivity contribution < 1.29 is 9.90 Å². The van der Waals surface area contributed by atoms with Crippen molar-refractivity contribution in [3.8, 4) is 5.75 Å². The lowest BCUT2D eigenvalue weighted by Crippen LogP contribution is -2.27. The van der Waals surface area contributed by atoms with Gasteiger partial charge in [0.15, 0.2) is 0 Å². The van der Waals surface area contributed by atoms with E-state index >= 15 is 0 Å². The topological polar surface area (TPSA) is 61.4 Å². The Bertz CT molecular complexity index is 471. The third-order valence-electron chi connectivity index (χ3n) is 3.56. The molecule has 2 atom stereocenters. The number of carbonyl (C=O) groups excluding carboxylic acids is 1. The molecule has 1 saturated heterocycles. The van der Waals surface area contributed by atoms with Gasteiger partial charge in [-0.05, 0) is 43.5 Å². The second kappa shape index (κ2) is 4.98. The summed E-state index contributed by atoms with van der Waals surface area (Å²) >= 11 is 0. The van der Waals surface area contributed by atoms with E-state index in [1.807, 2.05) is 19.9 Å². The molecule has 0 bridgehead atoms. The fraction of sp³-hybridized carbons (Fsp3) is 0.500. The van der Waals surface area contributed by atoms with Gasteiger partial charge in [0.2, 0.25) is 5.91 Å². The summed E-state index contributed by atoms with van der Waals surface area (Å²) in [6.45, 7) is 7.42. The fourth-order valence-corrected chi connectivity index (χ4v) is 2.44. The van der Waals surface area contributed by atoms with Crippen LogP contribution < -0.4 is 10.6 Å². The Morgan fingerprint density at radius 2 is 2.11 bits per heavy atom. The molecule has 3 N–H and O–H groups in total. The van der Waals surface area contributed by atoms with Crippen molar-refractivity contribution in [2.75, 3.05) is 18.4 Å². The number of hydrogen-bond donors (Lipinski definition) is 3. The molecular weight excluding hydrogens is 228 g/mol. The number of carbonyl (C=O) groups is 1. The van der Waals surface area contributed by atoms with Gasteiger partial charge in [-0.25, -0.2) is 0 Å². The van der Waals surface area contributed by atoms with E-state index in [9.17, 15) is 9.90 Å². The van der Waals surface area contributed by atoms with E-state index in [2.05, 4.69) is 17.6 Å². The molecular formula is C14H20N2O2. The highest BCUT2D eigenvalue weighted by molar-refractivity contribution is 5.94. The zero-order chi connectivity index (χ0) is 13.3. The van der Waals surface area contributed by atoms with Crippen LogP contribution in [0.25, 0.3) is 0 Å². The van der Waals surface area contributed by atoms with Gasteiger partial charge < -0.3 is 15.7 Å². The number of aromatic hydroxyl groups is 1. The molecule has 2 unspecified atom stereocenters. The zero-order valence-corrected chi connectivity index (χ0v) is 11.1. The monoisotopic (exact) mass is 248 g/mol. The van der Waals surface area contributed by atoms with E-state index in [0.29, 0.717) is 18.2 Å². The van der Waals surface area contributed by atoms with Crippen LogP contribution in [0.4, 0.5) is 5.69 Å². The second-order valence-corrected chi connectivity index (χ2v) is 5.21. The number of amides is 1. The maximum Gasteiger partial charge on any atom is 0.229 e. The molecule has 0 aromatic heterocycles. The maximum atomic E-state index is 12.1. The summed E-state index contributed by atoms with van der Waals surface area (Å²) in [5.74, 6) is 0.448. The summed E-state index contributed by atoms with van der Waals surface area (Å²) in [5, 5.41) is 16.0. The Balaban J connectivity index is 2.16. The van der Waals surface area contributed by atoms with Gasteiger partial charge in [0, 0.05) is 6.54 Å². The highest BCUT2D eigenvalue weighted by Crippen LogP contribution is 2.29. The third-order valence-corrected chi connectivity index (χ3v) is 3.56. The molecule has 1 amide bonds. The van der Waals surface area contributed by atoms with Gasteiger partial charge in [-0.15, -0.1) is 0 Å². The first-order valence-corrected chi connectivity index (χ1v) is 6.31. The Kier molecular flexibility index (Phi) is 3.57. The van der Waals surface area contributed by atoms with E-state index in [4.69, 9.17) is 0 Å². The Labute approximate surface area is 107 Å². The molecule has 98 valence electrons. The van der Waals surface area contributed by atoms with Crippen molar-refractivity contribution in [3.05, 3.63) is 23.3 Å². The number of phenols is 1. The maximum absolute atomic E-state index is 12.1. The van der Waals surface area contributed by atoms with Gasteiger partial charge in [0.05, 0.1) is 11.6 Å². The van der Waals surface area contributed by atoms with Crippen LogP contribution in [0.15, 0.2) is 12.1 Å². The average molecular weight is 248 g/mol. The number of nitrogens with one attached hydrogen (secondary N) is 2. The molecule has 1 heterocycles. The molecule has 1 aliphatic heterocycles. The van der Waals surface area contributed by atoms with Crippen molar-refractivity contribution in [2.24, 2.45) is 11.8 Å². The van der Waals surface area contributed by atoms with Crippen LogP contribution in [0.5, 0.6) is 5.75 Å². The van der Waals surface area contributed by atoms with E-state index in [-0.39, 0.29) is 17.6 Å². The third kappa shape index (κ3) is 2.48. The van der Waals surface area contributed by atoms with Gasteiger partial charge in [-0.1, -0.05) is 13.0 Å². The predicted octanol–water partition coefficient (Wildman–Crippen LogP) is 1.80. The van der Waals surface area contributed by atoms with Crippen LogP contribution in [0.2, 0.25) is 0 Å². The fourth-order valence-electron chi connectivity index (χ4n) is 2.44. The lowest BCUT2D eigenvalue weighted by molar-refractivity contribution is -0.120. The molecule has 4 heteroatoms. The molecule has 1 aromatic rings. The summed E-state index contributed by atoms with van der Waals surface area (Å²) in [7, 11) is 0. The smallest absolute Gasteiger partial charge is 0.229 e. The van der Waals surface area contributed by atoms with E-state index < -0.39 is 0 Å². The second-order valence-electron chi connectivity index (χ2n) is 5.21. The van der Waals surface area contributed by atoms with E-state index in [0.717, 1.165) is 17.7 Å². The first-order valence-electron chi connectivity index (χ1n) is 6.31. The van der Waals surface area contributed by atoms with Crippen molar-refractivity contribution >= 4 is 11.6 Å². The largest absolute Gasteiger partial charge is 0.505 e. The summed E-state index contributed by atoms with van der Waals surface area (Å²) in [4.78, 5) is 12.1. The van der Waals surface area contributed by atoms with Gasteiger partial charge in [-0.3, -0.25) is 4.79 Å². The summed E-state index contributed by atoms with van der Waals surface area (Å²) in [6, 6.07) is 3.69. The SMILES string of the molecule is Cc1cc(C)c(O)c(NC(=O)C2CNCC2C)c1. The number of aryl methyl sites for hydroxylation is 2. The number of benzene rings is 1. The molecule has 0 spiro atoms. The van der Waals surface area contributed by atoms with Crippen molar-refractivity contribution in [1.82, 2.24) is 5.32 Å². The molecule has 1 aliphatic rings. The number of anilines is 1. The van der Waals surface area contributed by atoms with E-state index in [1.54, 1.807) is 6.07 Å². The van der Waals surface area contributed by atoms with Gasteiger partial charge in [0.1, 0.15) is 5.75 Å². The summed E-state index contributed by atoms with van der Waals surface area (Å²) < 4.78 is 0. The van der Waals surface area contributed by atoms with E-state index in [1.165, 1.54) is 0 Å². The highest BCUT2D eigenvalue weighted by atomic mass is 16.3. The molecule has 1 aromatic carbocycles. The molecule has 4 nitrogen and oxygen atoms in total. The summed E-state index contributed by atoms with van der Waals surface area (Å²) in [5.41, 5.74) is 2.32. The first kappa shape index (κ1) is 12.9. The number of phenolic OH excluding ortho intramolecular Hbond substituents is 1. The van der Waals surface area contributed by atoms with Gasteiger partial charge in [0.25, 0.3) is 0 Å². The predicted molar refractivity (Wildman–Crippen MR) is 71.7 cm³/mol. The van der Waals surface area contributed by atoms with Crippen molar-refractivity contribution in [3.63, 3.8) is 0 Å². The number of hydrogen-bond acceptors (Lipinski definition) is 3. The molecule has 2 rings (SSSR count). The molecule has 18 heavy (non-hydrogen) atoms. The minimum absolute atomic E-state index is 0.0206. The van der Waals surface area contributed by atoms with Crippen LogP contribution in [-0.4, -0.2) is 24.1 Å². The average Bonchev–Trinajstić information content (AvgIpc) is 2.71. The standard InChI is InChI=1S/C14H20N2O2/c1-8-4-9(2)13(17)12(5-8)16-14(18)11-7-15-6-10(11)3/h4-5,10-11,15,17H,6-7H2,1-3H3,(H,16,18). The Morgan fingerprint density at radius 1 is 1.39 bits per heavy atom. The quantitative estimate of drug-likeness (QED) is 0.699. The van der Waals surface area contributed by atoms with Crippen LogP contribution in [0.1, 0.15) is 18.1 Å². The van der Waals surface area contributed by atoms with Gasteiger partial charge >= 0.3 is 0 Å². The zero-order valence-electron chi connectivity index (χ0n) is 11.1. The first-order chi connectivity index (χ1) is 8.49. The molecule has 0 saturated carbocycles. The van der Waals surface area contributed by atoms with Crippen LogP contribution in [0, 0.1) is 25.7 Å². The molecule has 1 fully saturated rings. The Morgan fingerprint density at radius 3 is 2.72 bits per heavy atom. The molecule has 0 radical (unpaired) electrons. The molecule has 0 aliphatic carbocycles. The lowest BCUT2D eigenvalue weighted by atomic mass is 9.97. The Hall–Kier alpha value is -1.55. The van der Waals surface area contributed by atoms with Crippen LogP contribution in [0.3, 0.4) is 0 Å². The minimum atomic E-state index is -0.0229. The summed E-state index contributed by atoms with van der Waals surface area (Å²) in [6.07, 6.45) is 0.